The molecule has 1 N–H and O–H groups in total. The molecule has 1 heterocycles. The van der Waals surface area contributed by atoms with Crippen molar-refractivity contribution < 1.29 is 32.6 Å². The van der Waals surface area contributed by atoms with Crippen LogP contribution in [0, 0.1) is 0 Å². The lowest BCUT2D eigenvalue weighted by atomic mass is 10.1. The fraction of sp³-hybridized carbons (Fsp3) is 0.333. The number of carbonyl (C=O) groups is 2. The van der Waals surface area contributed by atoms with Crippen LogP contribution in [0.1, 0.15) is 21.5 Å². The number of alkyl halides is 3. The summed E-state index contributed by atoms with van der Waals surface area (Å²) >= 11 is 0. The molecule has 0 saturated heterocycles. The molecule has 1 aliphatic rings. The molecule has 0 bridgehead atoms. The lowest BCUT2D eigenvalue weighted by molar-refractivity contribution is -0.162. The van der Waals surface area contributed by atoms with Crippen molar-refractivity contribution in [2.24, 2.45) is 0 Å². The lowest BCUT2D eigenvalue weighted by Crippen LogP contribution is -2.30. The Morgan fingerprint density at radius 2 is 1.90 bits per heavy atom. The first-order chi connectivity index (χ1) is 9.26. The second-order valence-corrected chi connectivity index (χ2v) is 4.31. The lowest BCUT2D eigenvalue weighted by Gasteiger charge is -2.16. The Morgan fingerprint density at radius 3 is 2.50 bits per heavy atom. The van der Waals surface area contributed by atoms with Gasteiger partial charge < -0.3 is 9.84 Å². The summed E-state index contributed by atoms with van der Waals surface area (Å²) in [7, 11) is 0. The molecule has 1 aromatic carbocycles. The molecular formula is C12H10F3NO4. The summed E-state index contributed by atoms with van der Waals surface area (Å²) < 4.78 is 40.0. The molecule has 0 fully saturated rings. The third kappa shape index (κ3) is 3.19. The van der Waals surface area contributed by atoms with Gasteiger partial charge in [-0.1, -0.05) is 6.07 Å². The molecule has 1 amide bonds. The van der Waals surface area contributed by atoms with Crippen molar-refractivity contribution in [3.05, 3.63) is 34.9 Å². The average Bonchev–Trinajstić information content (AvgIpc) is 2.77. The normalized spacial score (nSPS) is 14.1. The van der Waals surface area contributed by atoms with E-state index in [9.17, 15) is 22.8 Å². The predicted octanol–water partition coefficient (Wildman–Crippen LogP) is 2.40. The molecule has 108 valence electrons. The van der Waals surface area contributed by atoms with Crippen molar-refractivity contribution in [2.75, 3.05) is 6.61 Å². The highest BCUT2D eigenvalue weighted by Gasteiger charge is 2.32. The molecule has 2 rings (SSSR count). The summed E-state index contributed by atoms with van der Waals surface area (Å²) in [6.07, 6.45) is -5.64. The van der Waals surface area contributed by atoms with E-state index in [1.165, 1.54) is 18.2 Å². The number of halogens is 3. The van der Waals surface area contributed by atoms with Gasteiger partial charge in [0.2, 0.25) is 0 Å². The van der Waals surface area contributed by atoms with Crippen LogP contribution >= 0.6 is 0 Å². The molecule has 8 heteroatoms. The number of hydrogen-bond donors (Lipinski definition) is 1. The molecule has 5 nitrogen and oxygen atoms in total. The zero-order chi connectivity index (χ0) is 14.9. The second-order valence-electron chi connectivity index (χ2n) is 4.31. The summed E-state index contributed by atoms with van der Waals surface area (Å²) in [6.45, 7) is -1.50. The van der Waals surface area contributed by atoms with Gasteiger partial charge >= 0.3 is 18.2 Å². The maximum atomic E-state index is 11.9. The summed E-state index contributed by atoms with van der Waals surface area (Å²) in [6, 6.07) is 4.32. The van der Waals surface area contributed by atoms with Crippen LogP contribution in [-0.4, -0.2) is 34.9 Å². The minimum Gasteiger partial charge on any atom is -0.478 e. The van der Waals surface area contributed by atoms with Crippen LogP contribution in [0.15, 0.2) is 18.2 Å². The predicted molar refractivity (Wildman–Crippen MR) is 60.1 cm³/mol. The largest absolute Gasteiger partial charge is 0.478 e. The molecule has 0 atom stereocenters. The van der Waals surface area contributed by atoms with E-state index in [1.54, 1.807) is 0 Å². The molecule has 0 spiro atoms. The molecule has 1 aromatic rings. The Hall–Kier alpha value is -2.25. The van der Waals surface area contributed by atoms with Gasteiger partial charge in [0.25, 0.3) is 0 Å². The van der Waals surface area contributed by atoms with E-state index >= 15 is 0 Å². The zero-order valence-electron chi connectivity index (χ0n) is 10.1. The summed E-state index contributed by atoms with van der Waals surface area (Å²) in [5, 5.41) is 8.83. The Kier molecular flexibility index (Phi) is 3.56. The quantitative estimate of drug-likeness (QED) is 0.907. The van der Waals surface area contributed by atoms with Crippen molar-refractivity contribution in [3.8, 4) is 0 Å². The van der Waals surface area contributed by atoms with Crippen LogP contribution in [0.2, 0.25) is 0 Å². The smallest absolute Gasteiger partial charge is 0.422 e. The fourth-order valence-corrected chi connectivity index (χ4v) is 1.89. The van der Waals surface area contributed by atoms with Gasteiger partial charge in [0.05, 0.1) is 5.56 Å². The number of aromatic carboxylic acids is 1. The van der Waals surface area contributed by atoms with Crippen LogP contribution in [0.4, 0.5) is 18.0 Å². The molecule has 20 heavy (non-hydrogen) atoms. The molecule has 0 aliphatic carbocycles. The SMILES string of the molecule is O=C(O)c1ccc2c(c1)CN(C(=O)OCC(F)(F)F)C2. The summed E-state index contributed by atoms with van der Waals surface area (Å²) in [5.74, 6) is -1.11. The Bertz CT molecular complexity index is 556. The van der Waals surface area contributed by atoms with Gasteiger partial charge in [-0.25, -0.2) is 9.59 Å². The van der Waals surface area contributed by atoms with E-state index in [0.29, 0.717) is 11.1 Å². The minimum absolute atomic E-state index is 0.0349. The van der Waals surface area contributed by atoms with E-state index in [1.807, 2.05) is 0 Å². The molecule has 0 saturated carbocycles. The molecule has 1 aliphatic heterocycles. The number of carbonyl (C=O) groups excluding carboxylic acids is 1. The van der Waals surface area contributed by atoms with Crippen LogP contribution in [0.5, 0.6) is 0 Å². The number of benzene rings is 1. The van der Waals surface area contributed by atoms with Crippen LogP contribution < -0.4 is 0 Å². The summed E-state index contributed by atoms with van der Waals surface area (Å²) in [4.78, 5) is 23.4. The highest BCUT2D eigenvalue weighted by molar-refractivity contribution is 5.88. The number of carboxylic acid groups (broad SMARTS) is 1. The highest BCUT2D eigenvalue weighted by atomic mass is 19.4. The average molecular weight is 289 g/mol. The van der Waals surface area contributed by atoms with Crippen molar-refractivity contribution in [2.45, 2.75) is 19.3 Å². The minimum atomic E-state index is -4.57. The monoisotopic (exact) mass is 289 g/mol. The van der Waals surface area contributed by atoms with E-state index in [2.05, 4.69) is 4.74 Å². The molecule has 0 radical (unpaired) electrons. The second kappa shape index (κ2) is 5.03. The molecule has 0 aromatic heterocycles. The van der Waals surface area contributed by atoms with Crippen molar-refractivity contribution >= 4 is 12.1 Å². The highest BCUT2D eigenvalue weighted by Crippen LogP contribution is 2.25. The van der Waals surface area contributed by atoms with Gasteiger partial charge in [0, 0.05) is 13.1 Å². The van der Waals surface area contributed by atoms with Gasteiger partial charge in [-0.2, -0.15) is 13.2 Å². The number of nitrogens with zero attached hydrogens (tertiary/aromatic N) is 1. The van der Waals surface area contributed by atoms with Crippen LogP contribution in [0.3, 0.4) is 0 Å². The van der Waals surface area contributed by atoms with Gasteiger partial charge in [0.1, 0.15) is 0 Å². The first-order valence-electron chi connectivity index (χ1n) is 5.60. The third-order valence-corrected chi connectivity index (χ3v) is 2.79. The number of hydrogen-bond acceptors (Lipinski definition) is 3. The number of carboxylic acids is 1. The number of rotatable bonds is 2. The maximum Gasteiger partial charge on any atom is 0.422 e. The van der Waals surface area contributed by atoms with Crippen molar-refractivity contribution in [3.63, 3.8) is 0 Å². The number of fused-ring (bicyclic) bond motifs is 1. The molecule has 0 unspecified atom stereocenters. The Labute approximate surface area is 111 Å². The zero-order valence-corrected chi connectivity index (χ0v) is 10.1. The first kappa shape index (κ1) is 14.2. The van der Waals surface area contributed by atoms with Gasteiger partial charge in [-0.05, 0) is 23.3 Å². The Balaban J connectivity index is 2.02. The van der Waals surface area contributed by atoms with Crippen molar-refractivity contribution in [1.29, 1.82) is 0 Å². The van der Waals surface area contributed by atoms with Gasteiger partial charge in [-0.3, -0.25) is 4.90 Å². The van der Waals surface area contributed by atoms with Crippen LogP contribution in [0.25, 0.3) is 0 Å². The van der Waals surface area contributed by atoms with Gasteiger partial charge in [-0.15, -0.1) is 0 Å². The maximum absolute atomic E-state index is 11.9. The van der Waals surface area contributed by atoms with Crippen molar-refractivity contribution in [1.82, 2.24) is 4.90 Å². The van der Waals surface area contributed by atoms with Crippen LogP contribution in [-0.2, 0) is 17.8 Å². The van der Waals surface area contributed by atoms with E-state index < -0.39 is 24.8 Å². The number of ether oxygens (including phenoxy) is 1. The molecular weight excluding hydrogens is 279 g/mol. The van der Waals surface area contributed by atoms with E-state index in [0.717, 1.165) is 4.90 Å². The number of amides is 1. The van der Waals surface area contributed by atoms with E-state index in [4.69, 9.17) is 5.11 Å². The Morgan fingerprint density at radius 1 is 1.25 bits per heavy atom. The van der Waals surface area contributed by atoms with Gasteiger partial charge in [0.15, 0.2) is 6.61 Å². The summed E-state index contributed by atoms with van der Waals surface area (Å²) in [5.41, 5.74) is 1.35. The fourth-order valence-electron chi connectivity index (χ4n) is 1.89. The standard InChI is InChI=1S/C12H10F3NO4/c13-12(14,15)6-20-11(19)16-4-8-2-1-7(10(17)18)3-9(8)5-16/h1-3H,4-6H2,(H,17,18). The third-order valence-electron chi connectivity index (χ3n) is 2.79. The van der Waals surface area contributed by atoms with E-state index in [-0.39, 0.29) is 18.7 Å². The topological polar surface area (TPSA) is 66.8 Å². The first-order valence-corrected chi connectivity index (χ1v) is 5.60.